The van der Waals surface area contributed by atoms with Crippen LogP contribution in [0.1, 0.15) is 13.8 Å². The number of amides is 2. The molecule has 10 heteroatoms. The van der Waals surface area contributed by atoms with Crippen LogP contribution in [0.3, 0.4) is 0 Å². The molecule has 0 aliphatic rings. The van der Waals surface area contributed by atoms with Crippen LogP contribution in [0.2, 0.25) is 0 Å². The minimum absolute atomic E-state index is 0.249. The zero-order valence-electron chi connectivity index (χ0n) is 13.2. The van der Waals surface area contributed by atoms with E-state index in [1.807, 2.05) is 0 Å². The maximum atomic E-state index is 11.2. The fraction of sp³-hybridized carbons (Fsp3) is 0.429. The number of esters is 2. The molecule has 0 aliphatic heterocycles. The van der Waals surface area contributed by atoms with Crippen molar-refractivity contribution in [2.45, 2.75) is 13.8 Å². The van der Waals surface area contributed by atoms with Crippen LogP contribution >= 0.6 is 0 Å². The molecule has 0 heterocycles. The van der Waals surface area contributed by atoms with E-state index in [1.54, 1.807) is 13.8 Å². The molecule has 0 aromatic rings. The fourth-order valence-electron chi connectivity index (χ4n) is 1.16. The maximum Gasteiger partial charge on any atom is 0.331 e. The summed E-state index contributed by atoms with van der Waals surface area (Å²) in [6, 6.07) is 0. The summed E-state index contributed by atoms with van der Waals surface area (Å²) in [5.74, 6) is -5.79. The van der Waals surface area contributed by atoms with E-state index in [-0.39, 0.29) is 13.1 Å². The smallest absolute Gasteiger partial charge is 0.331 e. The average molecular weight is 342 g/mol. The van der Waals surface area contributed by atoms with Crippen molar-refractivity contribution in [3.8, 4) is 0 Å². The van der Waals surface area contributed by atoms with Crippen molar-refractivity contribution in [3.63, 3.8) is 0 Å². The molecule has 0 fully saturated rings. The van der Waals surface area contributed by atoms with E-state index in [2.05, 4.69) is 20.1 Å². The summed E-state index contributed by atoms with van der Waals surface area (Å²) in [5.41, 5.74) is 0. The molecule has 2 N–H and O–H groups in total. The van der Waals surface area contributed by atoms with Crippen molar-refractivity contribution in [2.75, 3.05) is 26.3 Å². The molecule has 10 nitrogen and oxygen atoms in total. The van der Waals surface area contributed by atoms with E-state index in [4.69, 9.17) is 0 Å². The minimum atomic E-state index is -1.06. The van der Waals surface area contributed by atoms with Gasteiger partial charge in [-0.1, -0.05) is 0 Å². The van der Waals surface area contributed by atoms with Gasteiger partial charge in [0.2, 0.25) is 0 Å². The van der Waals surface area contributed by atoms with Crippen molar-refractivity contribution in [2.24, 2.45) is 0 Å². The molecule has 0 bridgehead atoms. The molecule has 0 aromatic heterocycles. The van der Waals surface area contributed by atoms with Crippen LogP contribution in [-0.2, 0) is 38.2 Å². The number of hydrogen-bond acceptors (Lipinski definition) is 8. The Kier molecular flexibility index (Phi) is 10.1. The summed E-state index contributed by atoms with van der Waals surface area (Å²) < 4.78 is 8.89. The molecule has 0 saturated heterocycles. The first kappa shape index (κ1) is 21.0. The highest BCUT2D eigenvalue weighted by Crippen LogP contribution is 1.88. The number of rotatable bonds is 10. The lowest BCUT2D eigenvalue weighted by Gasteiger charge is -2.02. The molecule has 0 aromatic carbocycles. The van der Waals surface area contributed by atoms with Crippen LogP contribution in [0.4, 0.5) is 0 Å². The predicted octanol–water partition coefficient (Wildman–Crippen LogP) is -1.96. The van der Waals surface area contributed by atoms with Gasteiger partial charge in [0.15, 0.2) is 13.2 Å². The first-order chi connectivity index (χ1) is 11.3. The van der Waals surface area contributed by atoms with Gasteiger partial charge in [-0.25, -0.2) is 9.59 Å². The number of ether oxygens (including phenoxy) is 2. The Morgan fingerprint density at radius 2 is 1.04 bits per heavy atom. The number of carbonyl (C=O) groups is 6. The largest absolute Gasteiger partial charge is 0.454 e. The molecular weight excluding hydrogens is 324 g/mol. The van der Waals surface area contributed by atoms with Crippen molar-refractivity contribution in [1.82, 2.24) is 10.6 Å². The monoisotopic (exact) mass is 342 g/mol. The summed E-state index contributed by atoms with van der Waals surface area (Å²) in [7, 11) is 0. The summed E-state index contributed by atoms with van der Waals surface area (Å²) in [4.78, 5) is 67.0. The zero-order chi connectivity index (χ0) is 18.5. The standard InChI is InChI=1S/C14H18N2O8/c1-3-15-13(21)9(17)7-23-11(19)5-6-12(20)24-8-10(18)14(22)16-4-2/h5-6H,3-4,7-8H2,1-2H3,(H,15,21)(H,16,22)/b6-5+. The summed E-state index contributed by atoms with van der Waals surface area (Å²) in [5, 5.41) is 4.46. The van der Waals surface area contributed by atoms with Crippen LogP contribution in [0.15, 0.2) is 12.2 Å². The highest BCUT2D eigenvalue weighted by atomic mass is 16.5. The fourth-order valence-corrected chi connectivity index (χ4v) is 1.16. The van der Waals surface area contributed by atoms with Crippen LogP contribution in [0.5, 0.6) is 0 Å². The first-order valence-corrected chi connectivity index (χ1v) is 6.95. The topological polar surface area (TPSA) is 145 Å². The molecular formula is C14H18N2O8. The predicted molar refractivity (Wildman–Crippen MR) is 78.4 cm³/mol. The second kappa shape index (κ2) is 11.5. The molecule has 2 amide bonds. The first-order valence-electron chi connectivity index (χ1n) is 6.95. The Labute approximate surface area is 137 Å². The highest BCUT2D eigenvalue weighted by Gasteiger charge is 2.15. The van der Waals surface area contributed by atoms with Crippen molar-refractivity contribution >= 4 is 35.3 Å². The lowest BCUT2D eigenvalue weighted by molar-refractivity contribution is -0.148. The van der Waals surface area contributed by atoms with Crippen molar-refractivity contribution in [1.29, 1.82) is 0 Å². The third-order valence-corrected chi connectivity index (χ3v) is 2.23. The van der Waals surface area contributed by atoms with E-state index in [1.165, 1.54) is 0 Å². The molecule has 24 heavy (non-hydrogen) atoms. The second-order valence-electron chi connectivity index (χ2n) is 4.11. The van der Waals surface area contributed by atoms with Gasteiger partial charge >= 0.3 is 11.9 Å². The molecule has 0 radical (unpaired) electrons. The number of nitrogens with one attached hydrogen (secondary N) is 2. The zero-order valence-corrected chi connectivity index (χ0v) is 13.2. The normalized spacial score (nSPS) is 9.92. The Morgan fingerprint density at radius 1 is 0.708 bits per heavy atom. The Bertz CT molecular complexity index is 505. The Balaban J connectivity index is 4.15. The number of likely N-dealkylation sites (N-methyl/N-ethyl adjacent to an activating group) is 2. The average Bonchev–Trinajstić information content (AvgIpc) is 2.55. The molecule has 0 rings (SSSR count). The maximum absolute atomic E-state index is 11.2. The van der Waals surface area contributed by atoms with Crippen LogP contribution in [0, 0.1) is 0 Å². The molecule has 0 spiro atoms. The SMILES string of the molecule is CCNC(=O)C(=O)COC(=O)/C=C/C(=O)OCC(=O)C(=O)NCC. The van der Waals surface area contributed by atoms with Gasteiger partial charge in [0.05, 0.1) is 0 Å². The van der Waals surface area contributed by atoms with Gasteiger partial charge in [-0.15, -0.1) is 0 Å². The summed E-state index contributed by atoms with van der Waals surface area (Å²) in [6.07, 6.45) is 1.31. The highest BCUT2D eigenvalue weighted by molar-refractivity contribution is 6.37. The number of hydrogen-bond donors (Lipinski definition) is 2. The number of ketones is 2. The van der Waals surface area contributed by atoms with Gasteiger partial charge in [0.1, 0.15) is 0 Å². The van der Waals surface area contributed by atoms with E-state index >= 15 is 0 Å². The van der Waals surface area contributed by atoms with Crippen LogP contribution in [-0.4, -0.2) is 61.6 Å². The van der Waals surface area contributed by atoms with Gasteiger partial charge in [-0.05, 0) is 13.8 Å². The third kappa shape index (κ3) is 9.07. The van der Waals surface area contributed by atoms with E-state index in [0.717, 1.165) is 0 Å². The second-order valence-corrected chi connectivity index (χ2v) is 4.11. The molecule has 0 unspecified atom stereocenters. The minimum Gasteiger partial charge on any atom is -0.454 e. The quantitative estimate of drug-likeness (QED) is 0.264. The Morgan fingerprint density at radius 3 is 1.33 bits per heavy atom. The van der Waals surface area contributed by atoms with E-state index in [0.29, 0.717) is 12.2 Å². The molecule has 0 atom stereocenters. The molecule has 0 aliphatic carbocycles. The van der Waals surface area contributed by atoms with Crippen molar-refractivity contribution < 1.29 is 38.2 Å². The van der Waals surface area contributed by atoms with Crippen LogP contribution < -0.4 is 10.6 Å². The lowest BCUT2D eigenvalue weighted by atomic mass is 10.4. The van der Waals surface area contributed by atoms with Gasteiger partial charge < -0.3 is 20.1 Å². The Hall–Kier alpha value is -3.04. The number of carbonyl (C=O) groups excluding carboxylic acids is 6. The van der Waals surface area contributed by atoms with Gasteiger partial charge in [-0.3, -0.25) is 19.2 Å². The van der Waals surface area contributed by atoms with E-state index in [9.17, 15) is 28.8 Å². The van der Waals surface area contributed by atoms with Crippen LogP contribution in [0.25, 0.3) is 0 Å². The molecule has 0 saturated carbocycles. The summed E-state index contributed by atoms with van der Waals surface area (Å²) >= 11 is 0. The van der Waals surface area contributed by atoms with Gasteiger partial charge in [-0.2, -0.15) is 0 Å². The van der Waals surface area contributed by atoms with Gasteiger partial charge in [0, 0.05) is 25.2 Å². The number of Topliss-reactive ketones (excluding diaryl/α,β-unsaturated/α-hetero) is 2. The summed E-state index contributed by atoms with van der Waals surface area (Å²) in [6.45, 7) is 2.17. The lowest BCUT2D eigenvalue weighted by Crippen LogP contribution is -2.34. The van der Waals surface area contributed by atoms with E-state index < -0.39 is 48.5 Å². The van der Waals surface area contributed by atoms with Crippen molar-refractivity contribution in [3.05, 3.63) is 12.2 Å². The third-order valence-electron chi connectivity index (χ3n) is 2.23. The van der Waals surface area contributed by atoms with Gasteiger partial charge in [0.25, 0.3) is 23.4 Å². The molecule has 132 valence electrons.